The third-order valence-electron chi connectivity index (χ3n) is 3.78. The van der Waals surface area contributed by atoms with Crippen molar-refractivity contribution < 1.29 is 18.3 Å². The minimum atomic E-state index is -2.81. The number of hydrogen-bond acceptors (Lipinski definition) is 4. The number of ether oxygens (including phenoxy) is 1. The number of sulfone groups is 1. The lowest BCUT2D eigenvalue weighted by molar-refractivity contribution is 0.0746. The molecule has 0 aromatic rings. The van der Waals surface area contributed by atoms with E-state index in [1.54, 1.807) is 0 Å². The molecule has 2 heterocycles. The second-order valence-corrected chi connectivity index (χ2v) is 7.60. The van der Waals surface area contributed by atoms with Gasteiger partial charge in [-0.05, 0) is 44.4 Å². The van der Waals surface area contributed by atoms with Crippen LogP contribution in [0, 0.1) is 5.92 Å². The van der Waals surface area contributed by atoms with Crippen molar-refractivity contribution in [1.29, 1.82) is 0 Å². The lowest BCUT2D eigenvalue weighted by atomic mass is 9.97. The summed E-state index contributed by atoms with van der Waals surface area (Å²) in [7, 11) is -2.81. The molecular formula is C12H22O4S. The molecule has 100 valence electrons. The van der Waals surface area contributed by atoms with Crippen LogP contribution in [0.25, 0.3) is 0 Å². The minimum absolute atomic E-state index is 0.166. The standard InChI is InChI=1S/C12H22O4S/c13-11(3-4-12-2-1-6-16-12)8-10-5-7-17(14,15)9-10/h10-13H,1-9H2. The summed E-state index contributed by atoms with van der Waals surface area (Å²) in [6.07, 6.45) is 5.17. The number of hydrogen-bond donors (Lipinski definition) is 1. The molecule has 2 fully saturated rings. The third-order valence-corrected chi connectivity index (χ3v) is 5.61. The molecule has 0 amide bonds. The van der Waals surface area contributed by atoms with Gasteiger partial charge in [0.1, 0.15) is 0 Å². The Morgan fingerprint density at radius 1 is 1.35 bits per heavy atom. The van der Waals surface area contributed by atoms with Crippen LogP contribution < -0.4 is 0 Å². The zero-order valence-corrected chi connectivity index (χ0v) is 11.0. The van der Waals surface area contributed by atoms with E-state index in [0.717, 1.165) is 38.7 Å². The van der Waals surface area contributed by atoms with Gasteiger partial charge in [-0.15, -0.1) is 0 Å². The predicted octanol–water partition coefficient (Wildman–Crippen LogP) is 1.13. The number of rotatable bonds is 5. The Labute approximate surface area is 103 Å². The Morgan fingerprint density at radius 3 is 2.76 bits per heavy atom. The van der Waals surface area contributed by atoms with Gasteiger partial charge in [0.15, 0.2) is 9.84 Å². The Bertz CT molecular complexity index is 332. The lowest BCUT2D eigenvalue weighted by Crippen LogP contribution is -2.17. The smallest absolute Gasteiger partial charge is 0.150 e. The largest absolute Gasteiger partial charge is 0.393 e. The van der Waals surface area contributed by atoms with Gasteiger partial charge in [0.2, 0.25) is 0 Å². The van der Waals surface area contributed by atoms with Crippen molar-refractivity contribution >= 4 is 9.84 Å². The van der Waals surface area contributed by atoms with Gasteiger partial charge in [0.25, 0.3) is 0 Å². The third kappa shape index (κ3) is 4.23. The van der Waals surface area contributed by atoms with Crippen molar-refractivity contribution in [3.05, 3.63) is 0 Å². The molecule has 0 aliphatic carbocycles. The Morgan fingerprint density at radius 2 is 2.18 bits per heavy atom. The summed E-state index contributed by atoms with van der Waals surface area (Å²) < 4.78 is 28.1. The average molecular weight is 262 g/mol. The van der Waals surface area contributed by atoms with E-state index in [1.165, 1.54) is 0 Å². The van der Waals surface area contributed by atoms with Crippen LogP contribution in [0.4, 0.5) is 0 Å². The van der Waals surface area contributed by atoms with E-state index in [9.17, 15) is 13.5 Å². The quantitative estimate of drug-likeness (QED) is 0.807. The molecule has 0 bridgehead atoms. The first-order valence-corrected chi connectivity index (χ1v) is 8.37. The first-order valence-electron chi connectivity index (χ1n) is 6.55. The highest BCUT2D eigenvalue weighted by Gasteiger charge is 2.29. The minimum Gasteiger partial charge on any atom is -0.393 e. The Balaban J connectivity index is 1.65. The van der Waals surface area contributed by atoms with Crippen LogP contribution in [0.5, 0.6) is 0 Å². The maximum absolute atomic E-state index is 11.3. The summed E-state index contributed by atoms with van der Waals surface area (Å²) in [5.74, 6) is 0.736. The van der Waals surface area contributed by atoms with Gasteiger partial charge >= 0.3 is 0 Å². The molecule has 0 radical (unpaired) electrons. The molecule has 2 saturated heterocycles. The molecule has 2 aliphatic heterocycles. The van der Waals surface area contributed by atoms with Gasteiger partial charge in [0.05, 0.1) is 23.7 Å². The van der Waals surface area contributed by atoms with Gasteiger partial charge in [-0.1, -0.05) is 0 Å². The van der Waals surface area contributed by atoms with Gasteiger partial charge in [0, 0.05) is 6.61 Å². The normalized spacial score (nSPS) is 33.9. The zero-order chi connectivity index (χ0) is 12.3. The van der Waals surface area contributed by atoms with Gasteiger partial charge in [-0.3, -0.25) is 0 Å². The maximum atomic E-state index is 11.3. The van der Waals surface area contributed by atoms with Crippen LogP contribution in [0.3, 0.4) is 0 Å². The first kappa shape index (κ1) is 13.3. The molecule has 1 N–H and O–H groups in total. The topological polar surface area (TPSA) is 63.6 Å². The zero-order valence-electron chi connectivity index (χ0n) is 10.2. The fourth-order valence-electron chi connectivity index (χ4n) is 2.81. The molecule has 3 atom stereocenters. The van der Waals surface area contributed by atoms with E-state index in [2.05, 4.69) is 0 Å². The lowest BCUT2D eigenvalue weighted by Gasteiger charge is -2.16. The number of aliphatic hydroxyl groups excluding tert-OH is 1. The maximum Gasteiger partial charge on any atom is 0.150 e. The molecule has 2 rings (SSSR count). The van der Waals surface area contributed by atoms with Crippen molar-refractivity contribution in [3.63, 3.8) is 0 Å². The van der Waals surface area contributed by atoms with Crippen molar-refractivity contribution in [2.45, 2.75) is 50.7 Å². The molecule has 0 saturated carbocycles. The summed E-state index contributed by atoms with van der Waals surface area (Å²) in [6.45, 7) is 0.849. The molecule has 3 unspecified atom stereocenters. The van der Waals surface area contributed by atoms with E-state index < -0.39 is 9.84 Å². The van der Waals surface area contributed by atoms with E-state index in [-0.39, 0.29) is 17.8 Å². The van der Waals surface area contributed by atoms with E-state index in [4.69, 9.17) is 4.74 Å². The summed E-state index contributed by atoms with van der Waals surface area (Å²) >= 11 is 0. The van der Waals surface area contributed by atoms with Crippen molar-refractivity contribution in [3.8, 4) is 0 Å². The highest BCUT2D eigenvalue weighted by atomic mass is 32.2. The summed E-state index contributed by atoms with van der Waals surface area (Å²) in [5, 5.41) is 9.89. The van der Waals surface area contributed by atoms with E-state index in [0.29, 0.717) is 18.3 Å². The van der Waals surface area contributed by atoms with Gasteiger partial charge in [-0.2, -0.15) is 0 Å². The molecule has 0 spiro atoms. The monoisotopic (exact) mass is 262 g/mol. The van der Waals surface area contributed by atoms with E-state index >= 15 is 0 Å². The molecule has 4 nitrogen and oxygen atoms in total. The van der Waals surface area contributed by atoms with Crippen LogP contribution in [-0.2, 0) is 14.6 Å². The molecule has 0 aromatic carbocycles. The Kier molecular flexibility index (Phi) is 4.44. The summed E-state index contributed by atoms with van der Waals surface area (Å²) in [4.78, 5) is 0. The van der Waals surface area contributed by atoms with E-state index in [1.807, 2.05) is 0 Å². The second kappa shape index (κ2) is 5.67. The molecule has 17 heavy (non-hydrogen) atoms. The predicted molar refractivity (Wildman–Crippen MR) is 65.6 cm³/mol. The molecule has 2 aliphatic rings. The summed E-state index contributed by atoms with van der Waals surface area (Å²) in [6, 6.07) is 0. The fourth-order valence-corrected chi connectivity index (χ4v) is 4.69. The first-order chi connectivity index (χ1) is 8.05. The van der Waals surface area contributed by atoms with Crippen LogP contribution in [-0.4, -0.2) is 43.8 Å². The van der Waals surface area contributed by atoms with Crippen LogP contribution in [0.15, 0.2) is 0 Å². The Hall–Kier alpha value is -0.130. The fraction of sp³-hybridized carbons (Fsp3) is 1.00. The number of aliphatic hydroxyl groups is 1. The molecular weight excluding hydrogens is 240 g/mol. The van der Waals surface area contributed by atoms with Crippen LogP contribution in [0.2, 0.25) is 0 Å². The average Bonchev–Trinajstić information content (AvgIpc) is 2.85. The highest BCUT2D eigenvalue weighted by molar-refractivity contribution is 7.91. The molecule has 0 aromatic heterocycles. The van der Waals surface area contributed by atoms with Crippen LogP contribution in [0.1, 0.15) is 38.5 Å². The van der Waals surface area contributed by atoms with Crippen LogP contribution >= 0.6 is 0 Å². The summed E-state index contributed by atoms with van der Waals surface area (Å²) in [5.41, 5.74) is 0. The van der Waals surface area contributed by atoms with Gasteiger partial charge in [-0.25, -0.2) is 8.42 Å². The molecule has 5 heteroatoms. The second-order valence-electron chi connectivity index (χ2n) is 5.37. The van der Waals surface area contributed by atoms with Crippen molar-refractivity contribution in [1.82, 2.24) is 0 Å². The van der Waals surface area contributed by atoms with Crippen molar-refractivity contribution in [2.24, 2.45) is 5.92 Å². The van der Waals surface area contributed by atoms with Crippen molar-refractivity contribution in [2.75, 3.05) is 18.1 Å². The van der Waals surface area contributed by atoms with Gasteiger partial charge < -0.3 is 9.84 Å². The highest BCUT2D eigenvalue weighted by Crippen LogP contribution is 2.25. The SMILES string of the molecule is O=S1(=O)CCC(CC(O)CCC2CCCO2)C1.